The standard InChI is InChI=1S/C17H24O3/c1-17(2)11-4-3-10(14(17)7-11)9-19-16(18)13-8-12-5-6-15(13)20-12/h3,11-15H,4-9H2,1-2H3/t11-,12+,13-,14-,15+/m0/s1. The zero-order valence-corrected chi connectivity index (χ0v) is 12.4. The smallest absolute Gasteiger partial charge is 0.312 e. The van der Waals surface area contributed by atoms with Crippen LogP contribution in [0.5, 0.6) is 0 Å². The van der Waals surface area contributed by atoms with E-state index in [0.717, 1.165) is 31.6 Å². The van der Waals surface area contributed by atoms with Gasteiger partial charge in [0.25, 0.3) is 0 Å². The molecule has 2 saturated heterocycles. The number of ether oxygens (including phenoxy) is 2. The second-order valence-electron chi connectivity index (χ2n) is 7.65. The van der Waals surface area contributed by atoms with Crippen molar-refractivity contribution in [2.75, 3.05) is 6.61 Å². The minimum Gasteiger partial charge on any atom is -0.461 e. The fourth-order valence-corrected chi connectivity index (χ4v) is 4.79. The van der Waals surface area contributed by atoms with Gasteiger partial charge < -0.3 is 9.47 Å². The Kier molecular flexibility index (Phi) is 2.79. The average molecular weight is 276 g/mol. The Bertz CT molecular complexity index is 465. The molecule has 20 heavy (non-hydrogen) atoms. The lowest BCUT2D eigenvalue weighted by Gasteiger charge is -2.56. The molecule has 0 aromatic heterocycles. The maximum atomic E-state index is 12.2. The first kappa shape index (κ1) is 12.9. The van der Waals surface area contributed by atoms with Crippen molar-refractivity contribution in [2.45, 2.75) is 58.2 Å². The number of fused-ring (bicyclic) bond motifs is 3. The van der Waals surface area contributed by atoms with Crippen LogP contribution in [0.4, 0.5) is 0 Å². The van der Waals surface area contributed by atoms with Crippen LogP contribution in [-0.2, 0) is 14.3 Å². The zero-order chi connectivity index (χ0) is 13.9. The molecule has 2 aliphatic heterocycles. The summed E-state index contributed by atoms with van der Waals surface area (Å²) in [5.74, 6) is 1.44. The van der Waals surface area contributed by atoms with Gasteiger partial charge in [0.15, 0.2) is 0 Å². The number of carbonyl (C=O) groups is 1. The fraction of sp³-hybridized carbons (Fsp3) is 0.824. The van der Waals surface area contributed by atoms with Gasteiger partial charge in [0, 0.05) is 0 Å². The third-order valence-corrected chi connectivity index (χ3v) is 6.37. The molecule has 3 nitrogen and oxygen atoms in total. The fourth-order valence-electron chi connectivity index (χ4n) is 4.79. The van der Waals surface area contributed by atoms with E-state index < -0.39 is 0 Å². The van der Waals surface area contributed by atoms with Gasteiger partial charge in [0.2, 0.25) is 0 Å². The topological polar surface area (TPSA) is 35.5 Å². The lowest BCUT2D eigenvalue weighted by atomic mass is 9.49. The Labute approximate surface area is 120 Å². The van der Waals surface area contributed by atoms with Gasteiger partial charge in [-0.2, -0.15) is 0 Å². The van der Waals surface area contributed by atoms with E-state index in [9.17, 15) is 4.79 Å². The van der Waals surface area contributed by atoms with Gasteiger partial charge in [0.1, 0.15) is 6.61 Å². The van der Waals surface area contributed by atoms with Gasteiger partial charge in [-0.3, -0.25) is 4.79 Å². The van der Waals surface area contributed by atoms with Crippen LogP contribution >= 0.6 is 0 Å². The summed E-state index contributed by atoms with van der Waals surface area (Å²) in [5, 5.41) is 0. The average Bonchev–Trinajstić information content (AvgIpc) is 3.07. The zero-order valence-electron chi connectivity index (χ0n) is 12.4. The minimum atomic E-state index is -0.0302. The quantitative estimate of drug-likeness (QED) is 0.587. The summed E-state index contributed by atoms with van der Waals surface area (Å²) in [6, 6.07) is 0. The van der Waals surface area contributed by atoms with E-state index in [1.54, 1.807) is 0 Å². The first-order valence-electron chi connectivity index (χ1n) is 8.06. The second kappa shape index (κ2) is 4.33. The third kappa shape index (κ3) is 1.78. The summed E-state index contributed by atoms with van der Waals surface area (Å²) in [5.41, 5.74) is 1.77. The summed E-state index contributed by atoms with van der Waals surface area (Å²) in [7, 11) is 0. The van der Waals surface area contributed by atoms with E-state index in [1.807, 2.05) is 0 Å². The maximum absolute atomic E-state index is 12.2. The first-order valence-corrected chi connectivity index (χ1v) is 8.06. The molecule has 0 radical (unpaired) electrons. The van der Waals surface area contributed by atoms with E-state index in [1.165, 1.54) is 12.0 Å². The summed E-state index contributed by atoms with van der Waals surface area (Å²) in [4.78, 5) is 12.2. The molecule has 4 bridgehead atoms. The number of allylic oxidation sites excluding steroid dienone is 1. The lowest BCUT2D eigenvalue weighted by molar-refractivity contribution is -0.150. The van der Waals surface area contributed by atoms with Crippen molar-refractivity contribution >= 4 is 5.97 Å². The van der Waals surface area contributed by atoms with Crippen LogP contribution in [0, 0.1) is 23.2 Å². The molecule has 3 heteroatoms. The Morgan fingerprint density at radius 3 is 2.85 bits per heavy atom. The molecule has 3 aliphatic carbocycles. The molecule has 2 heterocycles. The lowest BCUT2D eigenvalue weighted by Crippen LogP contribution is -2.48. The van der Waals surface area contributed by atoms with Crippen LogP contribution in [0.15, 0.2) is 11.6 Å². The van der Waals surface area contributed by atoms with Gasteiger partial charge in [-0.1, -0.05) is 19.9 Å². The van der Waals surface area contributed by atoms with Gasteiger partial charge in [0.05, 0.1) is 18.1 Å². The largest absolute Gasteiger partial charge is 0.461 e. The molecule has 5 atom stereocenters. The molecular formula is C17H24O3. The van der Waals surface area contributed by atoms with Crippen LogP contribution in [0.1, 0.15) is 46.0 Å². The highest BCUT2D eigenvalue weighted by Crippen LogP contribution is 2.59. The highest BCUT2D eigenvalue weighted by Gasteiger charge is 2.51. The van der Waals surface area contributed by atoms with Crippen molar-refractivity contribution in [3.05, 3.63) is 11.6 Å². The molecule has 0 spiro atoms. The van der Waals surface area contributed by atoms with Crippen molar-refractivity contribution in [1.29, 1.82) is 0 Å². The molecule has 1 saturated carbocycles. The molecule has 0 aromatic rings. The first-order chi connectivity index (χ1) is 9.55. The predicted octanol–water partition coefficient (Wildman–Crippen LogP) is 3.09. The number of carbonyl (C=O) groups excluding carboxylic acids is 1. The molecule has 5 aliphatic rings. The number of rotatable bonds is 3. The number of hydrogen-bond acceptors (Lipinski definition) is 3. The van der Waals surface area contributed by atoms with E-state index in [-0.39, 0.29) is 18.0 Å². The molecule has 5 rings (SSSR count). The van der Waals surface area contributed by atoms with Crippen molar-refractivity contribution < 1.29 is 14.3 Å². The highest BCUT2D eigenvalue weighted by atomic mass is 16.5. The van der Waals surface area contributed by atoms with Crippen LogP contribution in [0.3, 0.4) is 0 Å². The van der Waals surface area contributed by atoms with Crippen molar-refractivity contribution in [2.24, 2.45) is 23.2 Å². The summed E-state index contributed by atoms with van der Waals surface area (Å²) in [6.45, 7) is 5.21. The third-order valence-electron chi connectivity index (χ3n) is 6.37. The second-order valence-corrected chi connectivity index (χ2v) is 7.65. The van der Waals surface area contributed by atoms with E-state index in [2.05, 4.69) is 19.9 Å². The number of esters is 1. The van der Waals surface area contributed by atoms with E-state index in [4.69, 9.17) is 9.47 Å². The van der Waals surface area contributed by atoms with Gasteiger partial charge in [-0.05, 0) is 54.9 Å². The minimum absolute atomic E-state index is 0.0000831. The Morgan fingerprint density at radius 1 is 1.40 bits per heavy atom. The molecule has 0 unspecified atom stereocenters. The van der Waals surface area contributed by atoms with E-state index >= 15 is 0 Å². The normalized spacial score (nSPS) is 43.9. The maximum Gasteiger partial charge on any atom is 0.312 e. The summed E-state index contributed by atoms with van der Waals surface area (Å²) in [6.07, 6.45) is 8.24. The van der Waals surface area contributed by atoms with Crippen LogP contribution < -0.4 is 0 Å². The Balaban J connectivity index is 1.35. The summed E-state index contributed by atoms with van der Waals surface area (Å²) >= 11 is 0. The van der Waals surface area contributed by atoms with Crippen LogP contribution in [0.2, 0.25) is 0 Å². The molecule has 0 N–H and O–H groups in total. The van der Waals surface area contributed by atoms with Gasteiger partial charge in [-0.15, -0.1) is 0 Å². The van der Waals surface area contributed by atoms with Crippen LogP contribution in [0.25, 0.3) is 0 Å². The van der Waals surface area contributed by atoms with Gasteiger partial charge >= 0.3 is 5.97 Å². The van der Waals surface area contributed by atoms with E-state index in [0.29, 0.717) is 24.0 Å². The number of hydrogen-bond donors (Lipinski definition) is 0. The summed E-state index contributed by atoms with van der Waals surface area (Å²) < 4.78 is 11.4. The van der Waals surface area contributed by atoms with Crippen molar-refractivity contribution in [3.63, 3.8) is 0 Å². The van der Waals surface area contributed by atoms with Crippen LogP contribution in [-0.4, -0.2) is 24.8 Å². The molecule has 0 amide bonds. The Morgan fingerprint density at radius 2 is 2.25 bits per heavy atom. The monoisotopic (exact) mass is 276 g/mol. The SMILES string of the molecule is CC1(C)[C@H]2CC=C(COC(=O)[C@H]3C[C@H]4CC[C@H]3O4)[C@@H]1C2. The molecule has 3 fully saturated rings. The predicted molar refractivity (Wildman–Crippen MR) is 75.0 cm³/mol. The van der Waals surface area contributed by atoms with Gasteiger partial charge in [-0.25, -0.2) is 0 Å². The molecule has 110 valence electrons. The highest BCUT2D eigenvalue weighted by molar-refractivity contribution is 5.74. The Hall–Kier alpha value is -0.830. The molecular weight excluding hydrogens is 252 g/mol. The van der Waals surface area contributed by atoms with Crippen molar-refractivity contribution in [3.8, 4) is 0 Å². The molecule has 0 aromatic carbocycles. The van der Waals surface area contributed by atoms with Crippen molar-refractivity contribution in [1.82, 2.24) is 0 Å².